The van der Waals surface area contributed by atoms with E-state index in [1.54, 1.807) is 43.3 Å². The molecular formula is C22H19N3O5. The number of pyridine rings is 1. The number of nitrogens with zero attached hydrogens (tertiary/aromatic N) is 1. The second kappa shape index (κ2) is 9.83. The van der Waals surface area contributed by atoms with Crippen molar-refractivity contribution >= 4 is 29.3 Å². The summed E-state index contributed by atoms with van der Waals surface area (Å²) in [6, 6.07) is 16.1. The molecule has 2 amide bonds. The lowest BCUT2D eigenvalue weighted by atomic mass is 10.2. The van der Waals surface area contributed by atoms with Gasteiger partial charge in [0.05, 0.1) is 6.61 Å². The second-order valence-corrected chi connectivity index (χ2v) is 6.03. The first kappa shape index (κ1) is 20.5. The molecule has 0 aliphatic rings. The Morgan fingerprint density at radius 1 is 0.833 bits per heavy atom. The average molecular weight is 405 g/mol. The Bertz CT molecular complexity index is 1040. The van der Waals surface area contributed by atoms with Crippen LogP contribution in [0.3, 0.4) is 0 Å². The first-order valence-corrected chi connectivity index (χ1v) is 9.12. The molecule has 0 unspecified atom stereocenters. The minimum Gasteiger partial charge on any atom is -0.434 e. The number of ether oxygens (including phenoxy) is 2. The Morgan fingerprint density at radius 2 is 1.40 bits per heavy atom. The normalized spacial score (nSPS) is 10.0. The van der Waals surface area contributed by atoms with Crippen molar-refractivity contribution in [3.63, 3.8) is 0 Å². The fourth-order valence-electron chi connectivity index (χ4n) is 2.50. The van der Waals surface area contributed by atoms with Gasteiger partial charge in [-0.1, -0.05) is 6.07 Å². The lowest BCUT2D eigenvalue weighted by molar-refractivity contribution is 0.101. The molecule has 0 radical (unpaired) electrons. The van der Waals surface area contributed by atoms with E-state index in [1.807, 2.05) is 0 Å². The van der Waals surface area contributed by atoms with Crippen LogP contribution in [0.5, 0.6) is 5.75 Å². The summed E-state index contributed by atoms with van der Waals surface area (Å²) < 4.78 is 9.66. The van der Waals surface area contributed by atoms with Crippen molar-refractivity contribution < 1.29 is 23.9 Å². The molecule has 30 heavy (non-hydrogen) atoms. The number of carbonyl (C=O) groups excluding carboxylic acids is 3. The van der Waals surface area contributed by atoms with Gasteiger partial charge >= 0.3 is 6.16 Å². The Balaban J connectivity index is 1.62. The predicted octanol–water partition coefficient (Wildman–Crippen LogP) is 4.12. The predicted molar refractivity (Wildman–Crippen MR) is 111 cm³/mol. The number of rotatable bonds is 6. The largest absolute Gasteiger partial charge is 0.513 e. The molecule has 0 aliphatic heterocycles. The van der Waals surface area contributed by atoms with Crippen molar-refractivity contribution in [1.29, 1.82) is 0 Å². The summed E-state index contributed by atoms with van der Waals surface area (Å²) in [6.45, 7) is 1.88. The number of nitrogens with one attached hydrogen (secondary N) is 2. The van der Waals surface area contributed by atoms with E-state index >= 15 is 0 Å². The summed E-state index contributed by atoms with van der Waals surface area (Å²) >= 11 is 0. The van der Waals surface area contributed by atoms with Crippen LogP contribution in [0.2, 0.25) is 0 Å². The number of hydrogen-bond acceptors (Lipinski definition) is 6. The monoisotopic (exact) mass is 405 g/mol. The van der Waals surface area contributed by atoms with Crippen LogP contribution in [0.25, 0.3) is 0 Å². The van der Waals surface area contributed by atoms with Crippen LogP contribution in [0.1, 0.15) is 27.6 Å². The van der Waals surface area contributed by atoms with Crippen molar-refractivity contribution in [3.05, 3.63) is 84.2 Å². The highest BCUT2D eigenvalue weighted by molar-refractivity contribution is 6.06. The molecule has 0 saturated carbocycles. The van der Waals surface area contributed by atoms with Gasteiger partial charge in [-0.15, -0.1) is 0 Å². The molecule has 2 N–H and O–H groups in total. The van der Waals surface area contributed by atoms with Crippen LogP contribution in [-0.4, -0.2) is 29.6 Å². The molecule has 1 aromatic heterocycles. The molecule has 3 aromatic rings. The van der Waals surface area contributed by atoms with Crippen LogP contribution in [0.4, 0.5) is 16.2 Å². The van der Waals surface area contributed by atoms with Gasteiger partial charge in [0.25, 0.3) is 11.8 Å². The zero-order valence-electron chi connectivity index (χ0n) is 16.1. The van der Waals surface area contributed by atoms with E-state index in [-0.39, 0.29) is 24.2 Å². The molecule has 0 saturated heterocycles. The topological polar surface area (TPSA) is 107 Å². The molecule has 0 bridgehead atoms. The number of carbonyl (C=O) groups is 3. The molecule has 0 aliphatic carbocycles. The van der Waals surface area contributed by atoms with E-state index in [9.17, 15) is 14.4 Å². The molecule has 152 valence electrons. The fourth-order valence-corrected chi connectivity index (χ4v) is 2.50. The molecule has 0 atom stereocenters. The molecular weight excluding hydrogens is 386 g/mol. The molecule has 0 spiro atoms. The van der Waals surface area contributed by atoms with E-state index in [2.05, 4.69) is 15.6 Å². The lowest BCUT2D eigenvalue weighted by Gasteiger charge is -2.09. The van der Waals surface area contributed by atoms with Crippen LogP contribution < -0.4 is 15.4 Å². The third-order valence-electron chi connectivity index (χ3n) is 3.90. The summed E-state index contributed by atoms with van der Waals surface area (Å²) in [5.41, 5.74) is 1.90. The van der Waals surface area contributed by atoms with Crippen LogP contribution >= 0.6 is 0 Å². The maximum Gasteiger partial charge on any atom is 0.513 e. The number of hydrogen-bond donors (Lipinski definition) is 2. The third kappa shape index (κ3) is 5.65. The van der Waals surface area contributed by atoms with E-state index in [0.29, 0.717) is 22.5 Å². The van der Waals surface area contributed by atoms with Crippen LogP contribution in [-0.2, 0) is 4.74 Å². The van der Waals surface area contributed by atoms with Crippen molar-refractivity contribution in [3.8, 4) is 5.75 Å². The smallest absolute Gasteiger partial charge is 0.434 e. The minimum absolute atomic E-state index is 0.210. The highest BCUT2D eigenvalue weighted by Crippen LogP contribution is 2.18. The first-order valence-electron chi connectivity index (χ1n) is 9.12. The standard InChI is InChI=1S/C22H19N3O5/c1-2-29-22(28)30-19-8-6-15(7-9-19)20(26)24-17-4-3-5-18(14-17)25-21(27)16-10-12-23-13-11-16/h3-14H,2H2,1H3,(H,24,26)(H,25,27). The molecule has 3 rings (SSSR count). The van der Waals surface area contributed by atoms with Crippen LogP contribution in [0.15, 0.2) is 73.1 Å². The number of amides is 2. The Morgan fingerprint density at radius 3 is 1.97 bits per heavy atom. The summed E-state index contributed by atoms with van der Waals surface area (Å²) in [5.74, 6) is -0.362. The van der Waals surface area contributed by atoms with Crippen molar-refractivity contribution in [2.75, 3.05) is 17.2 Å². The SMILES string of the molecule is CCOC(=O)Oc1ccc(C(=O)Nc2cccc(NC(=O)c3ccncc3)c2)cc1. The van der Waals surface area contributed by atoms with Gasteiger partial charge in [-0.3, -0.25) is 14.6 Å². The second-order valence-electron chi connectivity index (χ2n) is 6.03. The third-order valence-corrected chi connectivity index (χ3v) is 3.90. The van der Waals surface area contributed by atoms with Crippen molar-refractivity contribution in [1.82, 2.24) is 4.98 Å². The van der Waals surface area contributed by atoms with Gasteiger partial charge < -0.3 is 20.1 Å². The summed E-state index contributed by atoms with van der Waals surface area (Å²) in [5, 5.41) is 5.53. The van der Waals surface area contributed by atoms with Crippen molar-refractivity contribution in [2.45, 2.75) is 6.92 Å². The van der Waals surface area contributed by atoms with Crippen molar-refractivity contribution in [2.24, 2.45) is 0 Å². The highest BCUT2D eigenvalue weighted by Gasteiger charge is 2.10. The highest BCUT2D eigenvalue weighted by atomic mass is 16.7. The van der Waals surface area contributed by atoms with E-state index in [0.717, 1.165) is 0 Å². The van der Waals surface area contributed by atoms with Crippen LogP contribution in [0, 0.1) is 0 Å². The maximum absolute atomic E-state index is 12.5. The quantitative estimate of drug-likeness (QED) is 0.472. The molecule has 0 fully saturated rings. The Labute approximate surface area is 172 Å². The Kier molecular flexibility index (Phi) is 6.73. The van der Waals surface area contributed by atoms with E-state index < -0.39 is 6.16 Å². The summed E-state index contributed by atoms with van der Waals surface area (Å²) in [7, 11) is 0. The number of anilines is 2. The molecule has 1 heterocycles. The maximum atomic E-state index is 12.5. The fraction of sp³-hybridized carbons (Fsp3) is 0.0909. The van der Waals surface area contributed by atoms with Gasteiger partial charge in [-0.25, -0.2) is 4.79 Å². The first-order chi connectivity index (χ1) is 14.5. The minimum atomic E-state index is -0.805. The number of aromatic nitrogens is 1. The van der Waals surface area contributed by atoms with E-state index in [4.69, 9.17) is 9.47 Å². The zero-order chi connectivity index (χ0) is 21.3. The van der Waals surface area contributed by atoms with Gasteiger partial charge in [0.1, 0.15) is 5.75 Å². The van der Waals surface area contributed by atoms with Gasteiger partial charge in [0, 0.05) is 34.9 Å². The van der Waals surface area contributed by atoms with Gasteiger partial charge in [0.15, 0.2) is 0 Å². The number of benzene rings is 2. The molecule has 2 aromatic carbocycles. The average Bonchev–Trinajstić information content (AvgIpc) is 2.75. The summed E-state index contributed by atoms with van der Waals surface area (Å²) in [6.07, 6.45) is 2.27. The Hall–Kier alpha value is -4.20. The molecule has 8 heteroatoms. The summed E-state index contributed by atoms with van der Waals surface area (Å²) in [4.78, 5) is 39.9. The molecule has 8 nitrogen and oxygen atoms in total. The van der Waals surface area contributed by atoms with Gasteiger partial charge in [0.2, 0.25) is 0 Å². The zero-order valence-corrected chi connectivity index (χ0v) is 16.1. The van der Waals surface area contributed by atoms with Gasteiger partial charge in [-0.05, 0) is 61.5 Å². The lowest BCUT2D eigenvalue weighted by Crippen LogP contribution is -2.14. The van der Waals surface area contributed by atoms with Gasteiger partial charge in [-0.2, -0.15) is 0 Å². The van der Waals surface area contributed by atoms with E-state index in [1.165, 1.54) is 36.7 Å².